The van der Waals surface area contributed by atoms with Gasteiger partial charge in [-0.05, 0) is 55.2 Å². The standard InChI is InChI=1S/C19H22N2OS/c1-4-14(3)16-10-5-6-11-17(16)20-19(23)21-18(22)15-9-7-8-13(2)12-15/h5-12,14H,4H2,1-3H3,(H2,20,21,22,23)/t14-/m1/s1. The predicted molar refractivity (Wildman–Crippen MR) is 100 cm³/mol. The lowest BCUT2D eigenvalue weighted by Gasteiger charge is -2.17. The fraction of sp³-hybridized carbons (Fsp3) is 0.263. The summed E-state index contributed by atoms with van der Waals surface area (Å²) in [6, 6.07) is 15.5. The van der Waals surface area contributed by atoms with Gasteiger partial charge in [0, 0.05) is 11.3 Å². The first-order valence-electron chi connectivity index (χ1n) is 7.79. The number of anilines is 1. The highest BCUT2D eigenvalue weighted by molar-refractivity contribution is 7.80. The van der Waals surface area contributed by atoms with E-state index < -0.39 is 0 Å². The van der Waals surface area contributed by atoms with Gasteiger partial charge in [0.2, 0.25) is 0 Å². The Hall–Kier alpha value is -2.20. The molecule has 0 saturated carbocycles. The van der Waals surface area contributed by atoms with Crippen molar-refractivity contribution in [1.82, 2.24) is 5.32 Å². The number of amides is 1. The van der Waals surface area contributed by atoms with E-state index in [1.165, 1.54) is 5.56 Å². The molecule has 2 N–H and O–H groups in total. The molecule has 1 amide bonds. The fourth-order valence-electron chi connectivity index (χ4n) is 2.38. The van der Waals surface area contributed by atoms with E-state index in [1.54, 1.807) is 6.07 Å². The third-order valence-corrected chi connectivity index (χ3v) is 4.06. The molecule has 1 atom stereocenters. The Morgan fingerprint density at radius 3 is 2.61 bits per heavy atom. The van der Waals surface area contributed by atoms with Crippen LogP contribution in [-0.4, -0.2) is 11.0 Å². The lowest BCUT2D eigenvalue weighted by atomic mass is 9.97. The zero-order valence-corrected chi connectivity index (χ0v) is 14.5. The van der Waals surface area contributed by atoms with E-state index in [-0.39, 0.29) is 5.91 Å². The van der Waals surface area contributed by atoms with Crippen LogP contribution in [0.5, 0.6) is 0 Å². The van der Waals surface area contributed by atoms with Crippen LogP contribution in [0.1, 0.15) is 47.7 Å². The van der Waals surface area contributed by atoms with Gasteiger partial charge in [-0.25, -0.2) is 0 Å². The maximum absolute atomic E-state index is 12.2. The highest BCUT2D eigenvalue weighted by Crippen LogP contribution is 2.26. The molecule has 0 aliphatic heterocycles. The Kier molecular flexibility index (Phi) is 5.88. The molecule has 120 valence electrons. The molecule has 0 aromatic heterocycles. The van der Waals surface area contributed by atoms with Crippen molar-refractivity contribution in [2.75, 3.05) is 5.32 Å². The van der Waals surface area contributed by atoms with Gasteiger partial charge in [0.25, 0.3) is 5.91 Å². The number of carbonyl (C=O) groups excluding carboxylic acids is 1. The van der Waals surface area contributed by atoms with Crippen LogP contribution < -0.4 is 10.6 Å². The summed E-state index contributed by atoms with van der Waals surface area (Å²) in [5, 5.41) is 6.19. The van der Waals surface area contributed by atoms with Crippen molar-refractivity contribution in [3.05, 3.63) is 65.2 Å². The Morgan fingerprint density at radius 1 is 1.17 bits per heavy atom. The van der Waals surface area contributed by atoms with Crippen LogP contribution in [0.3, 0.4) is 0 Å². The van der Waals surface area contributed by atoms with Crippen molar-refractivity contribution in [2.24, 2.45) is 0 Å². The molecule has 23 heavy (non-hydrogen) atoms. The molecular weight excluding hydrogens is 304 g/mol. The minimum atomic E-state index is -0.202. The first kappa shape index (κ1) is 17.2. The number of aryl methyl sites for hydroxylation is 1. The van der Waals surface area contributed by atoms with Gasteiger partial charge < -0.3 is 5.32 Å². The summed E-state index contributed by atoms with van der Waals surface area (Å²) in [6.45, 7) is 6.28. The van der Waals surface area contributed by atoms with Crippen molar-refractivity contribution < 1.29 is 4.79 Å². The minimum absolute atomic E-state index is 0.202. The van der Waals surface area contributed by atoms with Gasteiger partial charge in [0.05, 0.1) is 0 Å². The molecule has 3 nitrogen and oxygen atoms in total. The van der Waals surface area contributed by atoms with Crippen LogP contribution in [0.25, 0.3) is 0 Å². The number of hydrogen-bond donors (Lipinski definition) is 2. The first-order chi connectivity index (χ1) is 11.0. The number of rotatable bonds is 4. The van der Waals surface area contributed by atoms with Crippen LogP contribution in [0.15, 0.2) is 48.5 Å². The average molecular weight is 326 g/mol. The summed E-state index contributed by atoms with van der Waals surface area (Å²) >= 11 is 5.28. The van der Waals surface area contributed by atoms with Crippen molar-refractivity contribution in [3.8, 4) is 0 Å². The molecule has 2 rings (SSSR count). The van der Waals surface area contributed by atoms with E-state index in [0.717, 1.165) is 17.7 Å². The molecule has 4 heteroatoms. The second-order valence-electron chi connectivity index (χ2n) is 5.67. The number of hydrogen-bond acceptors (Lipinski definition) is 2. The lowest BCUT2D eigenvalue weighted by molar-refractivity contribution is 0.0977. The molecule has 0 fully saturated rings. The molecule has 0 radical (unpaired) electrons. The van der Waals surface area contributed by atoms with E-state index >= 15 is 0 Å². The quantitative estimate of drug-likeness (QED) is 0.805. The van der Waals surface area contributed by atoms with Crippen molar-refractivity contribution in [2.45, 2.75) is 33.1 Å². The number of benzene rings is 2. The van der Waals surface area contributed by atoms with E-state index in [0.29, 0.717) is 16.6 Å². The Balaban J connectivity index is 2.07. The van der Waals surface area contributed by atoms with Crippen molar-refractivity contribution in [1.29, 1.82) is 0 Å². The monoisotopic (exact) mass is 326 g/mol. The molecule has 0 bridgehead atoms. The Bertz CT molecular complexity index is 712. The van der Waals surface area contributed by atoms with Gasteiger partial charge in [0.1, 0.15) is 0 Å². The lowest BCUT2D eigenvalue weighted by Crippen LogP contribution is -2.34. The summed E-state index contributed by atoms with van der Waals surface area (Å²) in [5.74, 6) is 0.223. The molecule has 2 aromatic carbocycles. The van der Waals surface area contributed by atoms with Crippen LogP contribution in [0, 0.1) is 6.92 Å². The van der Waals surface area contributed by atoms with Gasteiger partial charge in [-0.3, -0.25) is 10.1 Å². The number of nitrogens with one attached hydrogen (secondary N) is 2. The summed E-state index contributed by atoms with van der Waals surface area (Å²) < 4.78 is 0. The van der Waals surface area contributed by atoms with Crippen LogP contribution in [-0.2, 0) is 0 Å². The number of carbonyl (C=O) groups is 1. The van der Waals surface area contributed by atoms with Gasteiger partial charge in [-0.2, -0.15) is 0 Å². The van der Waals surface area contributed by atoms with E-state index in [2.05, 4.69) is 30.5 Å². The van der Waals surface area contributed by atoms with Crippen molar-refractivity contribution >= 4 is 28.9 Å². The number of para-hydroxylation sites is 1. The van der Waals surface area contributed by atoms with Gasteiger partial charge in [-0.1, -0.05) is 49.7 Å². The highest BCUT2D eigenvalue weighted by atomic mass is 32.1. The summed E-state index contributed by atoms with van der Waals surface area (Å²) in [7, 11) is 0. The van der Waals surface area contributed by atoms with Crippen molar-refractivity contribution in [3.63, 3.8) is 0 Å². The van der Waals surface area contributed by atoms with Crippen LogP contribution in [0.4, 0.5) is 5.69 Å². The van der Waals surface area contributed by atoms with Gasteiger partial charge in [-0.15, -0.1) is 0 Å². The fourth-order valence-corrected chi connectivity index (χ4v) is 2.58. The smallest absolute Gasteiger partial charge is 0.257 e. The van der Waals surface area contributed by atoms with Gasteiger partial charge >= 0.3 is 0 Å². The molecular formula is C19H22N2OS. The largest absolute Gasteiger partial charge is 0.332 e. The molecule has 2 aromatic rings. The van der Waals surface area contributed by atoms with Crippen LogP contribution in [0.2, 0.25) is 0 Å². The maximum Gasteiger partial charge on any atom is 0.257 e. The zero-order chi connectivity index (χ0) is 16.8. The minimum Gasteiger partial charge on any atom is -0.332 e. The van der Waals surface area contributed by atoms with E-state index in [1.807, 2.05) is 43.3 Å². The Labute approximate surface area is 143 Å². The second kappa shape index (κ2) is 7.88. The van der Waals surface area contributed by atoms with Crippen LogP contribution >= 0.6 is 12.2 Å². The van der Waals surface area contributed by atoms with Gasteiger partial charge in [0.15, 0.2) is 5.11 Å². The summed E-state index contributed by atoms with van der Waals surface area (Å²) in [4.78, 5) is 12.2. The van der Waals surface area contributed by atoms with E-state index in [4.69, 9.17) is 12.2 Å². The Morgan fingerprint density at radius 2 is 1.91 bits per heavy atom. The third-order valence-electron chi connectivity index (χ3n) is 3.86. The van der Waals surface area contributed by atoms with E-state index in [9.17, 15) is 4.79 Å². The molecule has 0 aliphatic carbocycles. The predicted octanol–water partition coefficient (Wildman–Crippen LogP) is 4.64. The second-order valence-corrected chi connectivity index (χ2v) is 6.08. The average Bonchev–Trinajstić information content (AvgIpc) is 2.54. The SMILES string of the molecule is CC[C@@H](C)c1ccccc1NC(=S)NC(=O)c1cccc(C)c1. The molecule has 0 saturated heterocycles. The topological polar surface area (TPSA) is 41.1 Å². The molecule has 0 unspecified atom stereocenters. The summed E-state index contributed by atoms with van der Waals surface area (Å²) in [6.07, 6.45) is 1.04. The number of thiocarbonyl (C=S) groups is 1. The molecule has 0 aliphatic rings. The summed E-state index contributed by atoms with van der Waals surface area (Å²) in [5.41, 5.74) is 3.78. The molecule has 0 heterocycles. The maximum atomic E-state index is 12.2. The highest BCUT2D eigenvalue weighted by Gasteiger charge is 2.12. The normalized spacial score (nSPS) is 11.6. The molecule has 0 spiro atoms. The zero-order valence-electron chi connectivity index (χ0n) is 13.7. The first-order valence-corrected chi connectivity index (χ1v) is 8.20. The third kappa shape index (κ3) is 4.63.